The van der Waals surface area contributed by atoms with Crippen molar-refractivity contribution in [3.63, 3.8) is 0 Å². The van der Waals surface area contributed by atoms with Crippen LogP contribution in [0.1, 0.15) is 43.6 Å². The number of aromatic nitrogens is 6. The average molecular weight is 476 g/mol. The van der Waals surface area contributed by atoms with E-state index < -0.39 is 18.4 Å². The molecule has 4 aromatic rings. The second kappa shape index (κ2) is 8.21. The highest BCUT2D eigenvalue weighted by Gasteiger charge is 2.34. The highest BCUT2D eigenvalue weighted by atomic mass is 19.4. The van der Waals surface area contributed by atoms with Crippen LogP contribution in [-0.4, -0.2) is 41.5 Å². The molecule has 0 atom stereocenters. The van der Waals surface area contributed by atoms with Crippen molar-refractivity contribution >= 4 is 11.0 Å². The first-order valence-electron chi connectivity index (χ1n) is 11.2. The van der Waals surface area contributed by atoms with E-state index in [0.717, 1.165) is 35.1 Å². The van der Waals surface area contributed by atoms with Crippen LogP contribution in [0.15, 0.2) is 29.2 Å². The first-order valence-corrected chi connectivity index (χ1v) is 11.2. The molecule has 1 fully saturated rings. The number of pyridine rings is 1. The number of hydrogen-bond donors (Lipinski definition) is 0. The molecule has 0 N–H and O–H groups in total. The number of halogens is 4. The van der Waals surface area contributed by atoms with Crippen LogP contribution >= 0.6 is 0 Å². The minimum atomic E-state index is -4.40. The van der Waals surface area contributed by atoms with Gasteiger partial charge in [0.05, 0.1) is 24.0 Å². The minimum absolute atomic E-state index is 0.0485. The van der Waals surface area contributed by atoms with Crippen LogP contribution in [0.2, 0.25) is 0 Å². The third kappa shape index (κ3) is 4.30. The van der Waals surface area contributed by atoms with Gasteiger partial charge in [-0.1, -0.05) is 24.4 Å². The Balaban J connectivity index is 1.62. The Morgan fingerprint density at radius 2 is 1.85 bits per heavy atom. The Bertz CT molecular complexity index is 1310. The Labute approximate surface area is 192 Å². The molecule has 0 radical (unpaired) electrons. The summed E-state index contributed by atoms with van der Waals surface area (Å²) in [5, 5.41) is 12.4. The van der Waals surface area contributed by atoms with Gasteiger partial charge in [-0.05, 0) is 32.8 Å². The largest absolute Gasteiger partial charge is 0.408 e. The Hall–Kier alpha value is -3.24. The maximum atomic E-state index is 15.6. The van der Waals surface area contributed by atoms with E-state index in [2.05, 4.69) is 20.3 Å². The predicted octanol–water partition coefficient (Wildman–Crippen LogP) is 5.80. The van der Waals surface area contributed by atoms with Crippen molar-refractivity contribution in [1.82, 2.24) is 29.7 Å². The van der Waals surface area contributed by atoms with E-state index in [1.165, 1.54) is 12.4 Å². The van der Waals surface area contributed by atoms with Crippen molar-refractivity contribution in [2.75, 3.05) is 0 Å². The summed E-state index contributed by atoms with van der Waals surface area (Å²) in [4.78, 5) is 4.58. The monoisotopic (exact) mass is 476 g/mol. The lowest BCUT2D eigenvalue weighted by Crippen LogP contribution is -2.32. The molecule has 5 rings (SSSR count). The van der Waals surface area contributed by atoms with Crippen LogP contribution in [0.5, 0.6) is 0 Å². The number of nitrogens with zero attached hydrogens (tertiary/aromatic N) is 6. The Morgan fingerprint density at radius 3 is 2.53 bits per heavy atom. The van der Waals surface area contributed by atoms with Gasteiger partial charge >= 0.3 is 6.18 Å². The van der Waals surface area contributed by atoms with Gasteiger partial charge in [-0.2, -0.15) is 23.4 Å². The summed E-state index contributed by atoms with van der Waals surface area (Å²) in [6, 6.07) is 1.86. The summed E-state index contributed by atoms with van der Waals surface area (Å²) in [5.41, 5.74) is 2.69. The van der Waals surface area contributed by atoms with Crippen molar-refractivity contribution in [2.24, 2.45) is 0 Å². The normalized spacial score (nSPS) is 16.4. The predicted molar refractivity (Wildman–Crippen MR) is 117 cm³/mol. The Kier molecular flexibility index (Phi) is 5.44. The molecule has 0 unspecified atom stereocenters. The van der Waals surface area contributed by atoms with Gasteiger partial charge < -0.3 is 4.52 Å². The maximum Gasteiger partial charge on any atom is 0.408 e. The number of alkyl halides is 4. The lowest BCUT2D eigenvalue weighted by Gasteiger charge is -2.29. The summed E-state index contributed by atoms with van der Waals surface area (Å²) in [7, 11) is 0. The van der Waals surface area contributed by atoms with E-state index in [-0.39, 0.29) is 6.54 Å². The van der Waals surface area contributed by atoms with Crippen molar-refractivity contribution in [3.8, 4) is 22.4 Å². The molecule has 1 aliphatic carbocycles. The molecular formula is C23H24F4N6O. The van der Waals surface area contributed by atoms with Crippen LogP contribution in [0, 0.1) is 13.8 Å². The molecular weight excluding hydrogens is 452 g/mol. The second-order valence-corrected chi connectivity index (χ2v) is 9.05. The molecule has 1 aliphatic rings. The van der Waals surface area contributed by atoms with Gasteiger partial charge in [0.25, 0.3) is 0 Å². The number of fused-ring (bicyclic) bond motifs is 1. The molecule has 0 aromatic carbocycles. The quantitative estimate of drug-likeness (QED) is 0.340. The topological polar surface area (TPSA) is 74.6 Å². The summed E-state index contributed by atoms with van der Waals surface area (Å²) >= 11 is 0. The van der Waals surface area contributed by atoms with E-state index in [0.29, 0.717) is 46.6 Å². The third-order valence-electron chi connectivity index (χ3n) is 6.34. The van der Waals surface area contributed by atoms with Gasteiger partial charge in [0.2, 0.25) is 0 Å². The van der Waals surface area contributed by atoms with E-state index >= 15 is 4.39 Å². The van der Waals surface area contributed by atoms with E-state index in [9.17, 15) is 13.2 Å². The molecule has 0 spiro atoms. The van der Waals surface area contributed by atoms with Gasteiger partial charge in [-0.15, -0.1) is 0 Å². The zero-order valence-electron chi connectivity index (χ0n) is 18.9. The fourth-order valence-electron chi connectivity index (χ4n) is 4.77. The molecule has 11 heteroatoms. The number of aryl methyl sites for hydroxylation is 2. The van der Waals surface area contributed by atoms with Gasteiger partial charge in [0.15, 0.2) is 0 Å². The third-order valence-corrected chi connectivity index (χ3v) is 6.34. The van der Waals surface area contributed by atoms with Crippen molar-refractivity contribution < 1.29 is 22.1 Å². The lowest BCUT2D eigenvalue weighted by atomic mass is 9.86. The number of rotatable bonds is 5. The van der Waals surface area contributed by atoms with Gasteiger partial charge in [0, 0.05) is 29.1 Å². The summed E-state index contributed by atoms with van der Waals surface area (Å²) < 4.78 is 61.8. The van der Waals surface area contributed by atoms with Crippen LogP contribution < -0.4 is 0 Å². The molecule has 0 aliphatic heterocycles. The lowest BCUT2D eigenvalue weighted by molar-refractivity contribution is -0.142. The van der Waals surface area contributed by atoms with Crippen LogP contribution in [0.3, 0.4) is 0 Å². The van der Waals surface area contributed by atoms with Gasteiger partial charge in [0.1, 0.15) is 29.2 Å². The zero-order valence-corrected chi connectivity index (χ0v) is 18.9. The fourth-order valence-corrected chi connectivity index (χ4v) is 4.77. The molecule has 4 heterocycles. The summed E-state index contributed by atoms with van der Waals surface area (Å²) in [6.07, 6.45) is 3.40. The van der Waals surface area contributed by atoms with Gasteiger partial charge in [-0.3, -0.25) is 14.3 Å². The summed E-state index contributed by atoms with van der Waals surface area (Å²) in [5.74, 6) is 0.632. The highest BCUT2D eigenvalue weighted by molar-refractivity contribution is 5.92. The van der Waals surface area contributed by atoms with Crippen LogP contribution in [-0.2, 0) is 13.1 Å². The van der Waals surface area contributed by atoms with E-state index in [1.807, 2.05) is 13.0 Å². The minimum Gasteiger partial charge on any atom is -0.361 e. The second-order valence-electron chi connectivity index (χ2n) is 9.05. The molecule has 34 heavy (non-hydrogen) atoms. The van der Waals surface area contributed by atoms with E-state index in [1.54, 1.807) is 17.8 Å². The first-order chi connectivity index (χ1) is 16.1. The van der Waals surface area contributed by atoms with Gasteiger partial charge in [-0.25, -0.2) is 4.39 Å². The molecule has 0 amide bonds. The maximum absolute atomic E-state index is 15.6. The SMILES string of the molecule is Cc1noc(C)c1-c1cnc2c(-c3cnn(CC(F)(F)F)c3)nn(CC3(F)CCCCC3)c2c1. The highest BCUT2D eigenvalue weighted by Crippen LogP contribution is 2.37. The smallest absolute Gasteiger partial charge is 0.361 e. The molecule has 0 saturated heterocycles. The van der Waals surface area contributed by atoms with Crippen molar-refractivity contribution in [3.05, 3.63) is 36.1 Å². The molecule has 4 aromatic heterocycles. The first kappa shape index (κ1) is 22.5. The number of hydrogen-bond acceptors (Lipinski definition) is 5. The average Bonchev–Trinajstić information content (AvgIpc) is 3.45. The van der Waals surface area contributed by atoms with Crippen molar-refractivity contribution in [2.45, 2.75) is 70.9 Å². The fraction of sp³-hybridized carbons (Fsp3) is 0.478. The standard InChI is InChI=1S/C23H24F4N6O/c1-14-19(15(2)34-31-14)16-8-18-21(28-9-16)20(17-10-29-32(11-17)13-23(25,26)27)30-33(18)12-22(24)6-4-3-5-7-22/h8-11H,3-7,12-13H2,1-2H3. The van der Waals surface area contributed by atoms with E-state index in [4.69, 9.17) is 4.52 Å². The van der Waals surface area contributed by atoms with Crippen molar-refractivity contribution in [1.29, 1.82) is 0 Å². The van der Waals surface area contributed by atoms with Crippen LogP contribution in [0.4, 0.5) is 17.6 Å². The molecule has 0 bridgehead atoms. The molecule has 180 valence electrons. The Morgan fingerprint density at radius 1 is 1.09 bits per heavy atom. The summed E-state index contributed by atoms with van der Waals surface area (Å²) in [6.45, 7) is 2.47. The molecule has 1 saturated carbocycles. The van der Waals surface area contributed by atoms with Crippen LogP contribution in [0.25, 0.3) is 33.4 Å². The zero-order chi connectivity index (χ0) is 24.1. The molecule has 7 nitrogen and oxygen atoms in total.